The summed E-state index contributed by atoms with van der Waals surface area (Å²) in [4.78, 5) is 12.4. The topological polar surface area (TPSA) is 52.3 Å². The molecule has 0 amide bonds. The van der Waals surface area contributed by atoms with E-state index in [1.165, 1.54) is 12.8 Å². The number of benzene rings is 2. The second-order valence-corrected chi connectivity index (χ2v) is 6.19. The number of nitrogens with two attached hydrogens (primary N) is 1. The molecule has 2 N–H and O–H groups in total. The van der Waals surface area contributed by atoms with Crippen molar-refractivity contribution in [1.82, 2.24) is 0 Å². The zero-order chi connectivity index (χ0) is 16.1. The first-order valence-electron chi connectivity index (χ1n) is 8.30. The molecule has 3 heteroatoms. The van der Waals surface area contributed by atoms with Crippen molar-refractivity contribution in [2.75, 3.05) is 0 Å². The van der Waals surface area contributed by atoms with Crippen molar-refractivity contribution in [2.45, 2.75) is 44.4 Å². The Morgan fingerprint density at radius 3 is 2.30 bits per heavy atom. The van der Waals surface area contributed by atoms with Gasteiger partial charge in [-0.1, -0.05) is 67.4 Å². The van der Waals surface area contributed by atoms with Gasteiger partial charge in [-0.2, -0.15) is 0 Å². The predicted molar refractivity (Wildman–Crippen MR) is 91.3 cm³/mol. The summed E-state index contributed by atoms with van der Waals surface area (Å²) in [5.41, 5.74) is 8.59. The van der Waals surface area contributed by atoms with E-state index in [1.807, 2.05) is 54.6 Å². The van der Waals surface area contributed by atoms with Gasteiger partial charge in [0, 0.05) is 17.2 Å². The molecule has 0 aromatic heterocycles. The largest absolute Gasteiger partial charge is 0.372 e. The van der Waals surface area contributed by atoms with Crippen LogP contribution in [0.2, 0.25) is 0 Å². The second-order valence-electron chi connectivity index (χ2n) is 6.19. The van der Waals surface area contributed by atoms with Gasteiger partial charge in [-0.05, 0) is 18.4 Å². The molecule has 1 fully saturated rings. The van der Waals surface area contributed by atoms with Crippen LogP contribution < -0.4 is 5.73 Å². The van der Waals surface area contributed by atoms with Crippen LogP contribution in [0.25, 0.3) is 0 Å². The number of carbonyl (C=O) groups excluding carboxylic acids is 1. The highest BCUT2D eigenvalue weighted by Gasteiger charge is 2.22. The minimum Gasteiger partial charge on any atom is -0.372 e. The smallest absolute Gasteiger partial charge is 0.193 e. The number of hydrogen-bond acceptors (Lipinski definition) is 3. The lowest BCUT2D eigenvalue weighted by Crippen LogP contribution is -2.39. The van der Waals surface area contributed by atoms with E-state index in [2.05, 4.69) is 0 Å². The Kier molecular flexibility index (Phi) is 5.21. The molecule has 3 rings (SSSR count). The normalized spacial score (nSPS) is 21.1. The second kappa shape index (κ2) is 7.53. The zero-order valence-corrected chi connectivity index (χ0v) is 13.3. The summed E-state index contributed by atoms with van der Waals surface area (Å²) in [6, 6.07) is 17.2. The van der Waals surface area contributed by atoms with E-state index < -0.39 is 0 Å². The number of ether oxygens (including phenoxy) is 1. The minimum absolute atomic E-state index is 0.0485. The first-order valence-corrected chi connectivity index (χ1v) is 8.30. The molecule has 1 aliphatic carbocycles. The number of carbonyl (C=O) groups is 1. The third kappa shape index (κ3) is 4.06. The molecule has 1 saturated carbocycles. The van der Waals surface area contributed by atoms with E-state index >= 15 is 0 Å². The van der Waals surface area contributed by atoms with Gasteiger partial charge in [0.25, 0.3) is 0 Å². The average Bonchev–Trinajstić information content (AvgIpc) is 2.62. The summed E-state index contributed by atoms with van der Waals surface area (Å²) in [6.07, 6.45) is 4.66. The summed E-state index contributed by atoms with van der Waals surface area (Å²) in [7, 11) is 0. The Bertz CT molecular complexity index is 636. The molecule has 120 valence electrons. The van der Waals surface area contributed by atoms with Crippen LogP contribution in [0, 0.1) is 0 Å². The maximum absolute atomic E-state index is 12.4. The lowest BCUT2D eigenvalue weighted by atomic mass is 9.93. The highest BCUT2D eigenvalue weighted by atomic mass is 16.5. The first-order chi connectivity index (χ1) is 11.2. The molecule has 0 bridgehead atoms. The Labute approximate surface area is 137 Å². The summed E-state index contributed by atoms with van der Waals surface area (Å²) in [6.45, 7) is 0.554. The van der Waals surface area contributed by atoms with Crippen LogP contribution in [0.4, 0.5) is 0 Å². The van der Waals surface area contributed by atoms with E-state index in [-0.39, 0.29) is 17.9 Å². The van der Waals surface area contributed by atoms with Gasteiger partial charge >= 0.3 is 0 Å². The van der Waals surface area contributed by atoms with Crippen molar-refractivity contribution in [3.63, 3.8) is 0 Å². The molecular weight excluding hydrogens is 286 g/mol. The van der Waals surface area contributed by atoms with E-state index in [4.69, 9.17) is 10.5 Å². The van der Waals surface area contributed by atoms with E-state index in [1.54, 1.807) is 0 Å². The summed E-state index contributed by atoms with van der Waals surface area (Å²) in [5.74, 6) is 0.0485. The maximum atomic E-state index is 12.4. The molecule has 0 heterocycles. The quantitative estimate of drug-likeness (QED) is 0.857. The first kappa shape index (κ1) is 15.9. The van der Waals surface area contributed by atoms with Gasteiger partial charge in [0.05, 0.1) is 12.7 Å². The Morgan fingerprint density at radius 1 is 0.957 bits per heavy atom. The van der Waals surface area contributed by atoms with Crippen molar-refractivity contribution in [3.8, 4) is 0 Å². The highest BCUT2D eigenvalue weighted by Crippen LogP contribution is 2.21. The molecule has 1 aliphatic rings. The Morgan fingerprint density at radius 2 is 1.61 bits per heavy atom. The molecule has 0 aliphatic heterocycles. The molecule has 2 aromatic rings. The van der Waals surface area contributed by atoms with E-state index in [9.17, 15) is 4.79 Å². The molecule has 23 heavy (non-hydrogen) atoms. The Balaban J connectivity index is 1.60. The van der Waals surface area contributed by atoms with Crippen LogP contribution in [0.1, 0.15) is 47.2 Å². The molecule has 2 aromatic carbocycles. The summed E-state index contributed by atoms with van der Waals surface area (Å²) >= 11 is 0. The number of hydrogen-bond donors (Lipinski definition) is 1. The minimum atomic E-state index is 0.0485. The van der Waals surface area contributed by atoms with Gasteiger partial charge in [0.15, 0.2) is 5.78 Å². The third-order valence-corrected chi connectivity index (χ3v) is 4.47. The molecule has 2 unspecified atom stereocenters. The summed E-state index contributed by atoms with van der Waals surface area (Å²) < 4.78 is 5.96. The van der Waals surface area contributed by atoms with E-state index in [0.717, 1.165) is 18.4 Å². The average molecular weight is 309 g/mol. The fourth-order valence-corrected chi connectivity index (χ4v) is 3.04. The van der Waals surface area contributed by atoms with Crippen molar-refractivity contribution in [1.29, 1.82) is 0 Å². The number of ketones is 1. The van der Waals surface area contributed by atoms with E-state index in [0.29, 0.717) is 17.7 Å². The fraction of sp³-hybridized carbons (Fsp3) is 0.350. The monoisotopic (exact) mass is 309 g/mol. The van der Waals surface area contributed by atoms with Crippen LogP contribution in [-0.2, 0) is 11.3 Å². The van der Waals surface area contributed by atoms with Gasteiger partial charge in [-0.25, -0.2) is 0 Å². The Hall–Kier alpha value is -1.97. The van der Waals surface area contributed by atoms with Crippen LogP contribution >= 0.6 is 0 Å². The van der Waals surface area contributed by atoms with Crippen molar-refractivity contribution < 1.29 is 9.53 Å². The lowest BCUT2D eigenvalue weighted by Gasteiger charge is -2.28. The molecule has 0 radical (unpaired) electrons. The van der Waals surface area contributed by atoms with Gasteiger partial charge in [-0.15, -0.1) is 0 Å². The molecule has 0 spiro atoms. The number of rotatable bonds is 5. The van der Waals surface area contributed by atoms with Crippen LogP contribution in [0.15, 0.2) is 54.6 Å². The van der Waals surface area contributed by atoms with Crippen LogP contribution in [0.5, 0.6) is 0 Å². The van der Waals surface area contributed by atoms with Crippen LogP contribution in [0.3, 0.4) is 0 Å². The standard InChI is InChI=1S/C20H23NO2/c21-18-8-4-5-9-19(18)23-14-15-10-12-17(13-11-15)20(22)16-6-2-1-3-7-16/h1-3,6-7,10-13,18-19H,4-5,8-9,14,21H2. The highest BCUT2D eigenvalue weighted by molar-refractivity contribution is 6.08. The fourth-order valence-electron chi connectivity index (χ4n) is 3.04. The van der Waals surface area contributed by atoms with Crippen molar-refractivity contribution in [2.24, 2.45) is 5.73 Å². The van der Waals surface area contributed by atoms with Gasteiger partial charge in [-0.3, -0.25) is 4.79 Å². The zero-order valence-electron chi connectivity index (χ0n) is 13.3. The maximum Gasteiger partial charge on any atom is 0.193 e. The SMILES string of the molecule is NC1CCCCC1OCc1ccc(C(=O)c2ccccc2)cc1. The lowest BCUT2D eigenvalue weighted by molar-refractivity contribution is 0.00404. The molecule has 3 nitrogen and oxygen atoms in total. The molecular formula is C20H23NO2. The predicted octanol–water partition coefficient (Wildman–Crippen LogP) is 3.70. The summed E-state index contributed by atoms with van der Waals surface area (Å²) in [5, 5.41) is 0. The van der Waals surface area contributed by atoms with Gasteiger partial charge in [0.1, 0.15) is 0 Å². The van der Waals surface area contributed by atoms with Gasteiger partial charge < -0.3 is 10.5 Å². The third-order valence-electron chi connectivity index (χ3n) is 4.47. The molecule has 0 saturated heterocycles. The van der Waals surface area contributed by atoms with Crippen molar-refractivity contribution >= 4 is 5.78 Å². The molecule has 2 atom stereocenters. The van der Waals surface area contributed by atoms with Crippen molar-refractivity contribution in [3.05, 3.63) is 71.3 Å². The van der Waals surface area contributed by atoms with Crippen LogP contribution in [-0.4, -0.2) is 17.9 Å². The van der Waals surface area contributed by atoms with Gasteiger partial charge in [0.2, 0.25) is 0 Å².